The third-order valence-electron chi connectivity index (χ3n) is 2.08. The van der Waals surface area contributed by atoms with E-state index in [1.54, 1.807) is 11.3 Å². The van der Waals surface area contributed by atoms with Gasteiger partial charge in [-0.3, -0.25) is 0 Å². The highest BCUT2D eigenvalue weighted by molar-refractivity contribution is 7.12. The number of carbonyl (C=O) groups excluding carboxylic acids is 1. The average molecular weight is 267 g/mol. The van der Waals surface area contributed by atoms with Crippen LogP contribution in [0.4, 0.5) is 4.79 Å². The maximum absolute atomic E-state index is 11.4. The second-order valence-corrected chi connectivity index (χ2v) is 6.14. The molecule has 100 valence electrons. The minimum atomic E-state index is -0.447. The summed E-state index contributed by atoms with van der Waals surface area (Å²) in [5, 5.41) is 2.69. The molecule has 18 heavy (non-hydrogen) atoms. The van der Waals surface area contributed by atoms with E-state index in [4.69, 9.17) is 4.74 Å². The minimum Gasteiger partial charge on any atom is -0.444 e. The van der Waals surface area contributed by atoms with E-state index in [-0.39, 0.29) is 6.09 Å². The number of rotatable bonds is 4. The lowest BCUT2D eigenvalue weighted by Gasteiger charge is -2.19. The zero-order valence-electron chi connectivity index (χ0n) is 11.4. The lowest BCUT2D eigenvalue weighted by Crippen LogP contribution is -2.32. The summed E-state index contributed by atoms with van der Waals surface area (Å²) < 4.78 is 5.13. The van der Waals surface area contributed by atoms with Gasteiger partial charge in [0.15, 0.2) is 0 Å². The molecular formula is C14H21NO2S. The van der Waals surface area contributed by atoms with Crippen LogP contribution in [0.3, 0.4) is 0 Å². The molecule has 0 saturated heterocycles. The van der Waals surface area contributed by atoms with Crippen LogP contribution in [-0.2, 0) is 11.2 Å². The smallest absolute Gasteiger partial charge is 0.407 e. The molecule has 0 radical (unpaired) electrons. The van der Waals surface area contributed by atoms with Crippen molar-refractivity contribution < 1.29 is 9.53 Å². The summed E-state index contributed by atoms with van der Waals surface area (Å²) >= 11 is 1.77. The van der Waals surface area contributed by atoms with Crippen LogP contribution in [0.2, 0.25) is 0 Å². The van der Waals surface area contributed by atoms with Gasteiger partial charge in [-0.05, 0) is 45.4 Å². The second kappa shape index (κ2) is 6.59. The summed E-state index contributed by atoms with van der Waals surface area (Å²) in [6.07, 6.45) is 4.62. The highest BCUT2D eigenvalue weighted by atomic mass is 32.1. The molecule has 0 spiro atoms. The van der Waals surface area contributed by atoms with Gasteiger partial charge in [-0.15, -0.1) is 11.3 Å². The average Bonchev–Trinajstić information content (AvgIpc) is 2.70. The normalized spacial score (nSPS) is 11.8. The zero-order valence-corrected chi connectivity index (χ0v) is 12.3. The van der Waals surface area contributed by atoms with Gasteiger partial charge in [0.05, 0.1) is 0 Å². The number of alkyl carbamates (subject to hydrolysis) is 1. The molecule has 1 heterocycles. The van der Waals surface area contributed by atoms with Crippen LogP contribution in [0.15, 0.2) is 18.2 Å². The van der Waals surface area contributed by atoms with Gasteiger partial charge in [0.25, 0.3) is 0 Å². The Balaban J connectivity index is 2.31. The van der Waals surface area contributed by atoms with E-state index in [0.717, 1.165) is 6.42 Å². The molecule has 0 aliphatic rings. The third-order valence-corrected chi connectivity index (χ3v) is 3.27. The molecule has 4 heteroatoms. The lowest BCUT2D eigenvalue weighted by molar-refractivity contribution is 0.0534. The highest BCUT2D eigenvalue weighted by Gasteiger charge is 2.14. The first-order valence-corrected chi connectivity index (χ1v) is 6.94. The Morgan fingerprint density at radius 2 is 2.17 bits per heavy atom. The van der Waals surface area contributed by atoms with Crippen LogP contribution < -0.4 is 5.32 Å². The number of aryl methyl sites for hydroxylation is 1. The number of hydrogen-bond donors (Lipinski definition) is 1. The topological polar surface area (TPSA) is 38.3 Å². The van der Waals surface area contributed by atoms with Gasteiger partial charge < -0.3 is 10.1 Å². The van der Waals surface area contributed by atoms with Crippen molar-refractivity contribution in [2.75, 3.05) is 6.54 Å². The minimum absolute atomic E-state index is 0.382. The molecule has 0 saturated carbocycles. The van der Waals surface area contributed by atoms with Crippen LogP contribution in [0, 0.1) is 0 Å². The van der Waals surface area contributed by atoms with E-state index in [0.29, 0.717) is 6.54 Å². The third kappa shape index (κ3) is 5.87. The Morgan fingerprint density at radius 1 is 1.44 bits per heavy atom. The fourth-order valence-corrected chi connectivity index (χ4v) is 2.19. The van der Waals surface area contributed by atoms with Gasteiger partial charge in [-0.25, -0.2) is 4.79 Å². The van der Waals surface area contributed by atoms with Crippen LogP contribution in [0.1, 0.15) is 37.4 Å². The van der Waals surface area contributed by atoms with Crippen molar-refractivity contribution in [3.8, 4) is 0 Å². The Hall–Kier alpha value is -1.29. The van der Waals surface area contributed by atoms with Crippen molar-refractivity contribution >= 4 is 23.5 Å². The number of nitrogens with one attached hydrogen (secondary N) is 1. The lowest BCUT2D eigenvalue weighted by atomic mass is 10.2. The molecule has 1 rings (SSSR count). The molecule has 1 N–H and O–H groups in total. The fourth-order valence-electron chi connectivity index (χ4n) is 1.31. The molecule has 1 aromatic heterocycles. The summed E-state index contributed by atoms with van der Waals surface area (Å²) in [5.74, 6) is 0. The summed E-state index contributed by atoms with van der Waals surface area (Å²) in [4.78, 5) is 13.9. The first kappa shape index (κ1) is 14.8. The number of thiophene rings is 1. The maximum atomic E-state index is 11.4. The van der Waals surface area contributed by atoms with Gasteiger partial charge in [-0.1, -0.05) is 13.0 Å². The van der Waals surface area contributed by atoms with Gasteiger partial charge in [0, 0.05) is 16.3 Å². The van der Waals surface area contributed by atoms with E-state index in [1.165, 1.54) is 9.75 Å². The van der Waals surface area contributed by atoms with Gasteiger partial charge in [0.2, 0.25) is 0 Å². The number of ether oxygens (including phenoxy) is 1. The van der Waals surface area contributed by atoms with Crippen molar-refractivity contribution in [3.05, 3.63) is 28.0 Å². The van der Waals surface area contributed by atoms with E-state index < -0.39 is 5.60 Å². The molecule has 0 bridgehead atoms. The molecule has 1 aromatic rings. The molecule has 3 nitrogen and oxygen atoms in total. The van der Waals surface area contributed by atoms with Crippen molar-refractivity contribution in [1.82, 2.24) is 5.32 Å². The first-order valence-electron chi connectivity index (χ1n) is 6.13. The predicted molar refractivity (Wildman–Crippen MR) is 77.0 cm³/mol. The number of amides is 1. The molecule has 0 aromatic carbocycles. The number of carbonyl (C=O) groups is 1. The van der Waals surface area contributed by atoms with E-state index >= 15 is 0 Å². The molecule has 1 amide bonds. The molecule has 0 fully saturated rings. The summed E-state index contributed by atoms with van der Waals surface area (Å²) in [5.41, 5.74) is -0.447. The molecular weight excluding hydrogens is 246 g/mol. The summed E-state index contributed by atoms with van der Waals surface area (Å²) in [6, 6.07) is 4.22. The second-order valence-electron chi connectivity index (χ2n) is 4.94. The maximum Gasteiger partial charge on any atom is 0.407 e. The summed E-state index contributed by atoms with van der Waals surface area (Å²) in [7, 11) is 0. The standard InChI is InChI=1S/C14H21NO2S/c1-5-11-8-9-12(18-11)7-6-10-15-13(16)17-14(2,3)4/h6-9H,5,10H2,1-4H3,(H,15,16). The monoisotopic (exact) mass is 267 g/mol. The van der Waals surface area contributed by atoms with Gasteiger partial charge in [-0.2, -0.15) is 0 Å². The predicted octanol–water partition coefficient (Wildman–Crippen LogP) is 3.85. The Labute approximate surface area is 113 Å². The summed E-state index contributed by atoms with van der Waals surface area (Å²) in [6.45, 7) is 8.17. The van der Waals surface area contributed by atoms with Gasteiger partial charge >= 0.3 is 6.09 Å². The molecule has 0 aliphatic heterocycles. The highest BCUT2D eigenvalue weighted by Crippen LogP contribution is 2.17. The molecule has 0 atom stereocenters. The van der Waals surface area contributed by atoms with Crippen molar-refractivity contribution in [2.45, 2.75) is 39.7 Å². The van der Waals surface area contributed by atoms with Gasteiger partial charge in [0.1, 0.15) is 5.60 Å². The molecule has 0 unspecified atom stereocenters. The fraction of sp³-hybridized carbons (Fsp3) is 0.500. The Kier molecular flexibility index (Phi) is 5.41. The first-order chi connectivity index (χ1) is 8.40. The number of hydrogen-bond acceptors (Lipinski definition) is 3. The molecule has 0 aliphatic carbocycles. The SMILES string of the molecule is CCc1ccc(C=CCNC(=O)OC(C)(C)C)s1. The van der Waals surface area contributed by atoms with Crippen LogP contribution in [0.5, 0.6) is 0 Å². The van der Waals surface area contributed by atoms with Crippen LogP contribution >= 0.6 is 11.3 Å². The van der Waals surface area contributed by atoms with Crippen molar-refractivity contribution in [3.63, 3.8) is 0 Å². The van der Waals surface area contributed by atoms with Crippen molar-refractivity contribution in [2.24, 2.45) is 0 Å². The quantitative estimate of drug-likeness (QED) is 0.900. The van der Waals surface area contributed by atoms with Crippen molar-refractivity contribution in [1.29, 1.82) is 0 Å². The largest absolute Gasteiger partial charge is 0.444 e. The van der Waals surface area contributed by atoms with Crippen LogP contribution in [-0.4, -0.2) is 18.2 Å². The Morgan fingerprint density at radius 3 is 2.72 bits per heavy atom. The van der Waals surface area contributed by atoms with E-state index in [1.807, 2.05) is 32.9 Å². The van der Waals surface area contributed by atoms with E-state index in [2.05, 4.69) is 24.4 Å². The Bertz CT molecular complexity index is 416. The van der Waals surface area contributed by atoms with Crippen LogP contribution in [0.25, 0.3) is 6.08 Å². The van der Waals surface area contributed by atoms with E-state index in [9.17, 15) is 4.79 Å². The zero-order chi connectivity index (χ0) is 13.6.